The minimum Gasteiger partial charge on any atom is -0.307 e. The van der Waals surface area contributed by atoms with E-state index < -0.39 is 0 Å². The third-order valence-electron chi connectivity index (χ3n) is 11.8. The van der Waals surface area contributed by atoms with E-state index in [9.17, 15) is 0 Å². The van der Waals surface area contributed by atoms with Crippen LogP contribution in [-0.2, 0) is 0 Å². The van der Waals surface area contributed by atoms with Crippen LogP contribution in [0.25, 0.3) is 120 Å². The minimum absolute atomic E-state index is 0.712. The zero-order valence-electron chi connectivity index (χ0n) is 29.0. The van der Waals surface area contributed by atoms with Crippen LogP contribution < -0.4 is 0 Å². The molecule has 0 N–H and O–H groups in total. The van der Waals surface area contributed by atoms with Crippen molar-refractivity contribution in [1.82, 2.24) is 18.9 Å². The number of para-hydroxylation sites is 3. The molecule has 9 aromatic carbocycles. The lowest BCUT2D eigenvalue weighted by Gasteiger charge is -2.13. The van der Waals surface area contributed by atoms with Crippen LogP contribution in [0, 0.1) is 0 Å². The van der Waals surface area contributed by atoms with Crippen molar-refractivity contribution in [3.05, 3.63) is 170 Å². The van der Waals surface area contributed by atoms with E-state index in [0.717, 1.165) is 33.3 Å². The second kappa shape index (κ2) is 10.2. The Morgan fingerprint density at radius 2 is 0.981 bits per heavy atom. The first-order valence-electron chi connectivity index (χ1n) is 18.5. The van der Waals surface area contributed by atoms with Crippen molar-refractivity contribution in [2.75, 3.05) is 0 Å². The Morgan fingerprint density at radius 1 is 0.352 bits per heavy atom. The summed E-state index contributed by atoms with van der Waals surface area (Å²) < 4.78 is 4.92. The van der Waals surface area contributed by atoms with Gasteiger partial charge in [0.1, 0.15) is 5.82 Å². The molecule has 0 spiro atoms. The van der Waals surface area contributed by atoms with Gasteiger partial charge in [0.15, 0.2) is 5.82 Å². The first-order chi connectivity index (χ1) is 26.8. The molecular formula is C50H28N4. The van der Waals surface area contributed by atoms with E-state index in [1.165, 1.54) is 81.2 Å². The molecule has 0 radical (unpaired) electrons. The van der Waals surface area contributed by atoms with Crippen molar-refractivity contribution >= 4 is 103 Å². The molecule has 0 bridgehead atoms. The normalized spacial score (nSPS) is 12.4. The zero-order chi connectivity index (χ0) is 35.1. The molecule has 13 rings (SSSR count). The Labute approximate surface area is 308 Å². The Hall–Kier alpha value is -7.30. The van der Waals surface area contributed by atoms with Crippen molar-refractivity contribution in [3.8, 4) is 17.2 Å². The number of hydrogen-bond acceptors (Lipinski definition) is 2. The first-order valence-corrected chi connectivity index (χ1v) is 18.5. The molecule has 0 fully saturated rings. The number of benzene rings is 9. The van der Waals surface area contributed by atoms with Crippen LogP contribution in [0.3, 0.4) is 0 Å². The molecule has 0 aliphatic carbocycles. The maximum atomic E-state index is 5.53. The lowest BCUT2D eigenvalue weighted by Crippen LogP contribution is -2.02. The molecule has 4 heteroatoms. The highest BCUT2D eigenvalue weighted by molar-refractivity contribution is 6.37. The van der Waals surface area contributed by atoms with Crippen LogP contribution in [0.4, 0.5) is 0 Å². The molecule has 13 aromatic rings. The molecule has 4 heterocycles. The second-order valence-electron chi connectivity index (χ2n) is 14.5. The van der Waals surface area contributed by atoms with E-state index in [0.29, 0.717) is 5.82 Å². The van der Waals surface area contributed by atoms with Gasteiger partial charge >= 0.3 is 0 Å². The summed E-state index contributed by atoms with van der Waals surface area (Å²) in [5, 5.41) is 15.9. The van der Waals surface area contributed by atoms with E-state index >= 15 is 0 Å². The van der Waals surface area contributed by atoms with Crippen molar-refractivity contribution < 1.29 is 0 Å². The average Bonchev–Trinajstić information content (AvgIpc) is 3.87. The standard InChI is InChI=1S/C50H28N4/c1-3-13-33-29(11-1)21-22-31-23-24-32(27-39(31)33)49-51-41-18-8-5-16-36(41)50(52-49)53-43-20-10-7-17-37(43)45-44(53)28-40-35-15-6-9-19-42(35)54-47-34-14-4-2-12-30(34)25-26-38(47)46(45)48(40)54/h1-28H. The molecule has 0 saturated carbocycles. The summed E-state index contributed by atoms with van der Waals surface area (Å²) in [5.74, 6) is 1.59. The molecule has 0 aliphatic rings. The fraction of sp³-hybridized carbons (Fsp3) is 0. The van der Waals surface area contributed by atoms with Crippen molar-refractivity contribution in [3.63, 3.8) is 0 Å². The molecular weight excluding hydrogens is 657 g/mol. The Bertz CT molecular complexity index is 3740. The molecule has 54 heavy (non-hydrogen) atoms. The lowest BCUT2D eigenvalue weighted by molar-refractivity contribution is 1.08. The Kier molecular flexibility index (Phi) is 5.34. The summed E-state index contributed by atoms with van der Waals surface area (Å²) in [4.78, 5) is 10.7. The third kappa shape index (κ3) is 3.57. The molecule has 0 saturated heterocycles. The quantitative estimate of drug-likeness (QED) is 0.170. The number of aromatic nitrogens is 4. The fourth-order valence-corrected chi connectivity index (χ4v) is 9.49. The van der Waals surface area contributed by atoms with Crippen molar-refractivity contribution in [2.45, 2.75) is 0 Å². The highest BCUT2D eigenvalue weighted by atomic mass is 15.1. The number of rotatable bonds is 2. The topological polar surface area (TPSA) is 35.1 Å². The molecule has 0 atom stereocenters. The second-order valence-corrected chi connectivity index (χ2v) is 14.5. The maximum absolute atomic E-state index is 5.53. The summed E-state index contributed by atoms with van der Waals surface area (Å²) in [7, 11) is 0. The molecule has 0 unspecified atom stereocenters. The van der Waals surface area contributed by atoms with Gasteiger partial charge in [-0.1, -0.05) is 133 Å². The van der Waals surface area contributed by atoms with Crippen molar-refractivity contribution in [2.24, 2.45) is 0 Å². The van der Waals surface area contributed by atoms with Crippen LogP contribution in [0.1, 0.15) is 0 Å². The van der Waals surface area contributed by atoms with Crippen molar-refractivity contribution in [1.29, 1.82) is 0 Å². The number of fused-ring (bicyclic) bond motifs is 16. The minimum atomic E-state index is 0.712. The molecule has 0 amide bonds. The molecule has 4 aromatic heterocycles. The zero-order valence-corrected chi connectivity index (χ0v) is 29.0. The maximum Gasteiger partial charge on any atom is 0.162 e. The SMILES string of the molecule is c1ccc2c(c1)ccc1ccc(-c3nc(-n4c5ccccc5c5c6c7ccc8ccccc8c7n7c8ccccc8c(cc54)c67)c4ccccc4n3)cc12. The van der Waals surface area contributed by atoms with Gasteiger partial charge in [0.05, 0.1) is 33.1 Å². The van der Waals surface area contributed by atoms with Gasteiger partial charge in [0, 0.05) is 48.7 Å². The fourth-order valence-electron chi connectivity index (χ4n) is 9.49. The third-order valence-corrected chi connectivity index (χ3v) is 11.8. The monoisotopic (exact) mass is 684 g/mol. The summed E-state index contributed by atoms with van der Waals surface area (Å²) in [5.41, 5.74) is 7.94. The Morgan fingerprint density at radius 3 is 1.83 bits per heavy atom. The van der Waals surface area contributed by atoms with E-state index in [4.69, 9.17) is 9.97 Å². The van der Waals surface area contributed by atoms with Crippen LogP contribution in [-0.4, -0.2) is 18.9 Å². The van der Waals surface area contributed by atoms with Crippen LogP contribution in [0.15, 0.2) is 170 Å². The molecule has 248 valence electrons. The van der Waals surface area contributed by atoms with Gasteiger partial charge < -0.3 is 4.40 Å². The van der Waals surface area contributed by atoms with Gasteiger partial charge in [-0.15, -0.1) is 0 Å². The van der Waals surface area contributed by atoms with Gasteiger partial charge in [0.2, 0.25) is 0 Å². The summed E-state index contributed by atoms with van der Waals surface area (Å²) in [6.45, 7) is 0. The summed E-state index contributed by atoms with van der Waals surface area (Å²) in [6.07, 6.45) is 0. The first kappa shape index (κ1) is 28.3. The Balaban J connectivity index is 1.20. The van der Waals surface area contributed by atoms with Crippen LogP contribution >= 0.6 is 0 Å². The van der Waals surface area contributed by atoms with Crippen LogP contribution in [0.2, 0.25) is 0 Å². The molecule has 0 aliphatic heterocycles. The largest absolute Gasteiger partial charge is 0.307 e. The van der Waals surface area contributed by atoms with E-state index in [2.05, 4.69) is 179 Å². The predicted octanol–water partition coefficient (Wildman–Crippen LogP) is 13.0. The van der Waals surface area contributed by atoms with Gasteiger partial charge in [-0.3, -0.25) is 4.57 Å². The summed E-state index contributed by atoms with van der Waals surface area (Å²) in [6, 6.07) is 61.6. The van der Waals surface area contributed by atoms with E-state index in [1.807, 2.05) is 0 Å². The highest BCUT2D eigenvalue weighted by Gasteiger charge is 2.26. The van der Waals surface area contributed by atoms with Gasteiger partial charge in [-0.05, 0) is 63.3 Å². The van der Waals surface area contributed by atoms with E-state index in [1.54, 1.807) is 0 Å². The predicted molar refractivity (Wildman–Crippen MR) is 226 cm³/mol. The van der Waals surface area contributed by atoms with Crippen LogP contribution in [0.5, 0.6) is 0 Å². The number of hydrogen-bond donors (Lipinski definition) is 0. The summed E-state index contributed by atoms with van der Waals surface area (Å²) >= 11 is 0. The van der Waals surface area contributed by atoms with Gasteiger partial charge in [-0.2, -0.15) is 0 Å². The smallest absolute Gasteiger partial charge is 0.162 e. The van der Waals surface area contributed by atoms with Gasteiger partial charge in [-0.25, -0.2) is 9.97 Å². The average molecular weight is 685 g/mol. The van der Waals surface area contributed by atoms with E-state index in [-0.39, 0.29) is 0 Å². The highest BCUT2D eigenvalue weighted by Crippen LogP contribution is 2.48. The number of nitrogens with zero attached hydrogens (tertiary/aromatic N) is 4. The molecule has 4 nitrogen and oxygen atoms in total. The lowest BCUT2D eigenvalue weighted by atomic mass is 10.00. The van der Waals surface area contributed by atoms with Gasteiger partial charge in [0.25, 0.3) is 0 Å².